The van der Waals surface area contributed by atoms with Crippen LogP contribution in [0.2, 0.25) is 0 Å². The predicted octanol–water partition coefficient (Wildman–Crippen LogP) is 3.45. The summed E-state index contributed by atoms with van der Waals surface area (Å²) >= 11 is 0. The number of carboxylic acids is 1. The van der Waals surface area contributed by atoms with Crippen LogP contribution in [0.1, 0.15) is 68.6 Å². The molecule has 1 fully saturated rings. The van der Waals surface area contributed by atoms with Gasteiger partial charge in [0.15, 0.2) is 5.78 Å². The number of aliphatic carboxylic acids is 1. The van der Waals surface area contributed by atoms with Crippen molar-refractivity contribution in [1.29, 1.82) is 0 Å². The zero-order valence-electron chi connectivity index (χ0n) is 22.1. The fourth-order valence-electron chi connectivity index (χ4n) is 6.36. The highest BCUT2D eigenvalue weighted by Gasteiger charge is 2.56. The third-order valence-electron chi connectivity index (χ3n) is 8.18. The van der Waals surface area contributed by atoms with Gasteiger partial charge >= 0.3 is 5.97 Å². The van der Waals surface area contributed by atoms with Crippen molar-refractivity contribution in [3.8, 4) is 0 Å². The van der Waals surface area contributed by atoms with E-state index in [0.717, 1.165) is 23.1 Å². The molecular formula is C30H38FN3O4. The van der Waals surface area contributed by atoms with Crippen molar-refractivity contribution in [2.75, 3.05) is 13.1 Å². The average Bonchev–Trinajstić information content (AvgIpc) is 3.10. The lowest BCUT2D eigenvalue weighted by atomic mass is 9.64. The lowest BCUT2D eigenvalue weighted by molar-refractivity contribution is -0.139. The highest BCUT2D eigenvalue weighted by Crippen LogP contribution is 2.57. The Morgan fingerprint density at radius 1 is 1.16 bits per heavy atom. The molecule has 1 saturated heterocycles. The Morgan fingerprint density at radius 2 is 1.84 bits per heavy atom. The van der Waals surface area contributed by atoms with Gasteiger partial charge in [-0.1, -0.05) is 36.4 Å². The third-order valence-corrected chi connectivity index (χ3v) is 8.18. The third kappa shape index (κ3) is 5.81. The Hall–Kier alpha value is -3.10. The molecule has 1 amide bonds. The number of rotatable bonds is 10. The minimum absolute atomic E-state index is 0.194. The van der Waals surface area contributed by atoms with Crippen LogP contribution in [0.15, 0.2) is 48.5 Å². The van der Waals surface area contributed by atoms with Crippen molar-refractivity contribution in [1.82, 2.24) is 10.6 Å². The second-order valence-corrected chi connectivity index (χ2v) is 11.3. The number of benzene rings is 2. The summed E-state index contributed by atoms with van der Waals surface area (Å²) < 4.78 is 14.5. The molecule has 2 aromatic rings. The zero-order valence-corrected chi connectivity index (χ0v) is 22.1. The highest BCUT2D eigenvalue weighted by atomic mass is 19.1. The van der Waals surface area contributed by atoms with Crippen LogP contribution >= 0.6 is 0 Å². The summed E-state index contributed by atoms with van der Waals surface area (Å²) in [5, 5.41) is 16.0. The molecule has 1 unspecified atom stereocenters. The maximum Gasteiger partial charge on any atom is 0.303 e. The standard InChI is InChI=1S/C30H38FN3O4/c1-29(2,32)28(38)34-24(10-6-9-19-7-4-3-5-8-19)27(37)26-22(18-25(35)36)21-12-11-20(31)17-23(21)30(26)13-15-33-16-14-30/h3-5,7-8,11-12,17,22,24,26,33H,6,9-10,13-16,18,32H2,1-2H3,(H,34,38)(H,35,36)/t22?,24-,26+/m1/s1. The number of fused-ring (bicyclic) bond motifs is 2. The molecule has 8 heteroatoms. The van der Waals surface area contributed by atoms with E-state index in [4.69, 9.17) is 5.73 Å². The molecule has 2 aromatic carbocycles. The van der Waals surface area contributed by atoms with Crippen LogP contribution in [0.25, 0.3) is 0 Å². The van der Waals surface area contributed by atoms with Crippen molar-refractivity contribution >= 4 is 17.7 Å². The number of hydrogen-bond donors (Lipinski definition) is 4. The first-order valence-electron chi connectivity index (χ1n) is 13.4. The minimum Gasteiger partial charge on any atom is -0.481 e. The lowest BCUT2D eigenvalue weighted by Gasteiger charge is -2.42. The average molecular weight is 524 g/mol. The summed E-state index contributed by atoms with van der Waals surface area (Å²) in [6.07, 6.45) is 2.71. The Morgan fingerprint density at radius 3 is 2.47 bits per heavy atom. The van der Waals surface area contributed by atoms with E-state index >= 15 is 0 Å². The topological polar surface area (TPSA) is 122 Å². The Balaban J connectivity index is 1.71. The quantitative estimate of drug-likeness (QED) is 0.379. The normalized spacial score (nSPS) is 21.1. The molecule has 0 saturated carbocycles. The van der Waals surface area contributed by atoms with Gasteiger partial charge in [0.2, 0.25) is 5.91 Å². The molecule has 7 nitrogen and oxygen atoms in total. The molecular weight excluding hydrogens is 485 g/mol. The maximum atomic E-state index is 14.5. The van der Waals surface area contributed by atoms with E-state index in [-0.39, 0.29) is 12.2 Å². The molecule has 1 aliphatic heterocycles. The van der Waals surface area contributed by atoms with Gasteiger partial charge < -0.3 is 21.5 Å². The van der Waals surface area contributed by atoms with E-state index < -0.39 is 46.5 Å². The van der Waals surface area contributed by atoms with Crippen LogP contribution in [0.4, 0.5) is 4.39 Å². The fraction of sp³-hybridized carbons (Fsp3) is 0.500. The van der Waals surface area contributed by atoms with Gasteiger partial charge in [-0.3, -0.25) is 14.4 Å². The number of piperidine rings is 1. The Kier molecular flexibility index (Phi) is 8.33. The summed E-state index contributed by atoms with van der Waals surface area (Å²) in [5.41, 5.74) is 6.77. The second kappa shape index (κ2) is 11.3. The first-order chi connectivity index (χ1) is 18.0. The smallest absolute Gasteiger partial charge is 0.303 e. The number of carbonyl (C=O) groups excluding carboxylic acids is 2. The minimum atomic E-state index is -1.19. The largest absolute Gasteiger partial charge is 0.481 e. The molecule has 1 aliphatic carbocycles. The van der Waals surface area contributed by atoms with Gasteiger partial charge in [-0.25, -0.2) is 4.39 Å². The number of nitrogens with two attached hydrogens (primary N) is 1. The van der Waals surface area contributed by atoms with E-state index in [1.54, 1.807) is 19.9 Å². The number of hydrogen-bond acceptors (Lipinski definition) is 5. The molecule has 204 valence electrons. The number of carboxylic acid groups (broad SMARTS) is 1. The Bertz CT molecular complexity index is 1170. The second-order valence-electron chi connectivity index (χ2n) is 11.3. The first-order valence-corrected chi connectivity index (χ1v) is 13.4. The number of nitrogens with one attached hydrogen (secondary N) is 2. The van der Waals surface area contributed by atoms with Gasteiger partial charge in [-0.2, -0.15) is 0 Å². The number of halogens is 1. The summed E-state index contributed by atoms with van der Waals surface area (Å²) in [4.78, 5) is 39.5. The predicted molar refractivity (Wildman–Crippen MR) is 143 cm³/mol. The Labute approximate surface area is 223 Å². The van der Waals surface area contributed by atoms with E-state index in [1.165, 1.54) is 12.1 Å². The van der Waals surface area contributed by atoms with Crippen molar-refractivity contribution in [3.63, 3.8) is 0 Å². The van der Waals surface area contributed by atoms with Gasteiger partial charge in [-0.05, 0) is 87.9 Å². The molecule has 0 radical (unpaired) electrons. The SMILES string of the molecule is CC(C)(N)C(=O)N[C@H](CCCc1ccccc1)C(=O)[C@@H]1C(CC(=O)O)c2ccc(F)cc2C12CCNCC2. The summed E-state index contributed by atoms with van der Waals surface area (Å²) in [6.45, 7) is 4.45. The van der Waals surface area contributed by atoms with Gasteiger partial charge in [0.05, 0.1) is 18.0 Å². The number of Topliss-reactive ketones (excluding diaryl/α,β-unsaturated/α-hetero) is 1. The van der Waals surface area contributed by atoms with Crippen molar-refractivity contribution in [2.45, 2.75) is 75.3 Å². The lowest BCUT2D eigenvalue weighted by Crippen LogP contribution is -2.57. The molecule has 1 spiro atoms. The van der Waals surface area contributed by atoms with Gasteiger partial charge in [0, 0.05) is 17.3 Å². The number of aryl methyl sites for hydroxylation is 1. The summed E-state index contributed by atoms with van der Waals surface area (Å²) in [6, 6.07) is 13.5. The monoisotopic (exact) mass is 523 g/mol. The van der Waals surface area contributed by atoms with E-state index in [9.17, 15) is 23.9 Å². The molecule has 0 aromatic heterocycles. The maximum absolute atomic E-state index is 14.5. The van der Waals surface area contributed by atoms with Crippen molar-refractivity contribution in [2.24, 2.45) is 11.7 Å². The molecule has 3 atom stereocenters. The van der Waals surface area contributed by atoms with E-state index in [1.807, 2.05) is 30.3 Å². The van der Waals surface area contributed by atoms with Crippen LogP contribution < -0.4 is 16.4 Å². The number of amides is 1. The molecule has 2 aliphatic rings. The van der Waals surface area contributed by atoms with Gasteiger partial charge in [0.1, 0.15) is 5.82 Å². The highest BCUT2D eigenvalue weighted by molar-refractivity contribution is 5.95. The molecule has 38 heavy (non-hydrogen) atoms. The van der Waals surface area contributed by atoms with Crippen LogP contribution in [0.5, 0.6) is 0 Å². The van der Waals surface area contributed by atoms with Gasteiger partial charge in [-0.15, -0.1) is 0 Å². The zero-order chi connectivity index (χ0) is 27.5. The molecule has 1 heterocycles. The number of ketones is 1. The van der Waals surface area contributed by atoms with Crippen LogP contribution in [0.3, 0.4) is 0 Å². The van der Waals surface area contributed by atoms with Crippen LogP contribution in [0, 0.1) is 11.7 Å². The number of carbonyl (C=O) groups is 3. The van der Waals surface area contributed by atoms with Crippen molar-refractivity contribution < 1.29 is 23.9 Å². The van der Waals surface area contributed by atoms with E-state index in [2.05, 4.69) is 10.6 Å². The fourth-order valence-corrected chi connectivity index (χ4v) is 6.36. The van der Waals surface area contributed by atoms with Gasteiger partial charge in [0.25, 0.3) is 0 Å². The van der Waals surface area contributed by atoms with E-state index in [0.29, 0.717) is 38.8 Å². The van der Waals surface area contributed by atoms with Crippen LogP contribution in [-0.2, 0) is 26.2 Å². The summed E-state index contributed by atoms with van der Waals surface area (Å²) in [5.74, 6) is -3.34. The molecule has 0 bridgehead atoms. The first kappa shape index (κ1) is 27.9. The van der Waals surface area contributed by atoms with Crippen LogP contribution in [-0.4, -0.2) is 47.4 Å². The molecule has 5 N–H and O–H groups in total. The summed E-state index contributed by atoms with van der Waals surface area (Å²) in [7, 11) is 0. The molecule has 4 rings (SSSR count). The van der Waals surface area contributed by atoms with Crippen molar-refractivity contribution in [3.05, 3.63) is 71.0 Å².